The first-order valence-electron chi connectivity index (χ1n) is 10.2. The first kappa shape index (κ1) is 24.7. The molecule has 0 radical (unpaired) electrons. The first-order valence-corrected chi connectivity index (χ1v) is 10.8. The molecule has 0 heterocycles. The molecule has 0 bridgehead atoms. The van der Waals surface area contributed by atoms with E-state index in [2.05, 4.69) is 10.6 Å². The Bertz CT molecular complexity index is 922. The van der Waals surface area contributed by atoms with E-state index in [0.717, 1.165) is 27.9 Å². The standard InChI is InChI=1S/C24H31ClN2O4/c1-16-13-18(7-9-20(16)26-22(28)15-30-12-6-11-25)19-8-10-21(17(2)14-19)27-23(29)31-24(3,4)5/h7-10,13-14H,6,11-12,15H2,1-5H3,(H,26,28)(H,27,29). The van der Waals surface area contributed by atoms with Crippen LogP contribution in [0.5, 0.6) is 0 Å². The molecule has 0 aromatic heterocycles. The summed E-state index contributed by atoms with van der Waals surface area (Å²) in [7, 11) is 0. The molecule has 2 N–H and O–H groups in total. The van der Waals surface area contributed by atoms with Gasteiger partial charge >= 0.3 is 6.09 Å². The average molecular weight is 447 g/mol. The highest BCUT2D eigenvalue weighted by Crippen LogP contribution is 2.28. The van der Waals surface area contributed by atoms with Crippen molar-refractivity contribution in [3.05, 3.63) is 47.5 Å². The Morgan fingerprint density at radius 1 is 0.935 bits per heavy atom. The fourth-order valence-corrected chi connectivity index (χ4v) is 3.00. The zero-order chi connectivity index (χ0) is 23.0. The lowest BCUT2D eigenvalue weighted by atomic mass is 10.00. The van der Waals surface area contributed by atoms with E-state index in [1.54, 1.807) is 0 Å². The third-order valence-electron chi connectivity index (χ3n) is 4.35. The normalized spacial score (nSPS) is 11.2. The van der Waals surface area contributed by atoms with Gasteiger partial charge in [-0.15, -0.1) is 11.6 Å². The Morgan fingerprint density at radius 2 is 1.48 bits per heavy atom. The lowest BCUT2D eigenvalue weighted by Crippen LogP contribution is -2.27. The molecule has 168 valence electrons. The van der Waals surface area contributed by atoms with Gasteiger partial charge in [0.25, 0.3) is 0 Å². The number of nitrogens with one attached hydrogen (secondary N) is 2. The summed E-state index contributed by atoms with van der Waals surface area (Å²) < 4.78 is 10.6. The largest absolute Gasteiger partial charge is 0.444 e. The highest BCUT2D eigenvalue weighted by molar-refractivity contribution is 6.17. The van der Waals surface area contributed by atoms with Crippen molar-refractivity contribution in [1.82, 2.24) is 0 Å². The Morgan fingerprint density at radius 3 is 1.97 bits per heavy atom. The van der Waals surface area contributed by atoms with E-state index in [-0.39, 0.29) is 12.5 Å². The van der Waals surface area contributed by atoms with Gasteiger partial charge in [0.1, 0.15) is 12.2 Å². The number of hydrogen-bond acceptors (Lipinski definition) is 4. The molecule has 2 rings (SSSR count). The maximum Gasteiger partial charge on any atom is 0.412 e. The van der Waals surface area contributed by atoms with Gasteiger partial charge in [-0.3, -0.25) is 10.1 Å². The number of rotatable bonds is 8. The van der Waals surface area contributed by atoms with Crippen molar-refractivity contribution < 1.29 is 19.1 Å². The van der Waals surface area contributed by atoms with E-state index in [1.807, 2.05) is 71.0 Å². The maximum atomic E-state index is 12.0. The van der Waals surface area contributed by atoms with Gasteiger partial charge in [-0.1, -0.05) is 12.1 Å². The molecular weight excluding hydrogens is 416 g/mol. The molecule has 0 atom stereocenters. The summed E-state index contributed by atoms with van der Waals surface area (Å²) in [5.74, 6) is 0.318. The predicted octanol–water partition coefficient (Wildman–Crippen LogP) is 5.90. The van der Waals surface area contributed by atoms with Gasteiger partial charge < -0.3 is 14.8 Å². The van der Waals surface area contributed by atoms with Crippen molar-refractivity contribution in [2.75, 3.05) is 29.7 Å². The quantitative estimate of drug-likeness (QED) is 0.391. The van der Waals surface area contributed by atoms with Gasteiger partial charge in [0.2, 0.25) is 5.91 Å². The number of benzene rings is 2. The third-order valence-corrected chi connectivity index (χ3v) is 4.62. The van der Waals surface area contributed by atoms with Gasteiger partial charge in [-0.25, -0.2) is 4.79 Å². The SMILES string of the molecule is Cc1cc(-c2ccc(NC(=O)OC(C)(C)C)c(C)c2)ccc1NC(=O)COCCCCl. The van der Waals surface area contributed by atoms with E-state index < -0.39 is 11.7 Å². The van der Waals surface area contributed by atoms with Crippen LogP contribution in [0.3, 0.4) is 0 Å². The van der Waals surface area contributed by atoms with Crippen LogP contribution in [0.1, 0.15) is 38.3 Å². The zero-order valence-electron chi connectivity index (χ0n) is 18.8. The van der Waals surface area contributed by atoms with Crippen molar-refractivity contribution in [2.24, 2.45) is 0 Å². The molecule has 0 spiro atoms. The molecule has 0 fully saturated rings. The van der Waals surface area contributed by atoms with Gasteiger partial charge in [0.15, 0.2) is 0 Å². The Balaban J connectivity index is 2.05. The van der Waals surface area contributed by atoms with Crippen molar-refractivity contribution in [1.29, 1.82) is 0 Å². The molecule has 0 aliphatic carbocycles. The van der Waals surface area contributed by atoms with Crippen LogP contribution >= 0.6 is 11.6 Å². The van der Waals surface area contributed by atoms with Crippen LogP contribution in [-0.4, -0.2) is 36.7 Å². The fourth-order valence-electron chi connectivity index (χ4n) is 2.89. The molecule has 31 heavy (non-hydrogen) atoms. The summed E-state index contributed by atoms with van der Waals surface area (Å²) in [6, 6.07) is 11.6. The van der Waals surface area contributed by atoms with Crippen LogP contribution in [0, 0.1) is 13.8 Å². The van der Waals surface area contributed by atoms with Gasteiger partial charge in [-0.05, 0) is 87.6 Å². The summed E-state index contributed by atoms with van der Waals surface area (Å²) in [6.45, 7) is 9.82. The predicted molar refractivity (Wildman–Crippen MR) is 126 cm³/mol. The lowest BCUT2D eigenvalue weighted by molar-refractivity contribution is -0.120. The molecule has 0 unspecified atom stereocenters. The monoisotopic (exact) mass is 446 g/mol. The summed E-state index contributed by atoms with van der Waals surface area (Å²) in [5, 5.41) is 5.65. The van der Waals surface area contributed by atoms with E-state index >= 15 is 0 Å². The molecule has 0 saturated heterocycles. The van der Waals surface area contributed by atoms with Gasteiger partial charge in [0.05, 0.1) is 0 Å². The van der Waals surface area contributed by atoms with Gasteiger partial charge in [-0.2, -0.15) is 0 Å². The number of alkyl halides is 1. The Hall–Kier alpha value is -2.57. The van der Waals surface area contributed by atoms with E-state index in [1.165, 1.54) is 0 Å². The molecule has 7 heteroatoms. The Kier molecular flexibility index (Phi) is 8.89. The minimum atomic E-state index is -0.553. The number of amides is 2. The summed E-state index contributed by atoms with van der Waals surface area (Å²) in [4.78, 5) is 24.0. The van der Waals surface area contributed by atoms with Crippen LogP contribution in [0.4, 0.5) is 16.2 Å². The molecule has 2 aromatic rings. The number of hydrogen-bond donors (Lipinski definition) is 2. The second-order valence-corrected chi connectivity index (χ2v) is 8.71. The highest BCUT2D eigenvalue weighted by Gasteiger charge is 2.17. The van der Waals surface area contributed by atoms with Crippen LogP contribution < -0.4 is 10.6 Å². The number of carbonyl (C=O) groups excluding carboxylic acids is 2. The summed E-state index contributed by atoms with van der Waals surface area (Å²) >= 11 is 5.59. The fraction of sp³-hybridized carbons (Fsp3) is 0.417. The van der Waals surface area contributed by atoms with E-state index in [9.17, 15) is 9.59 Å². The number of aryl methyl sites for hydroxylation is 2. The molecule has 0 saturated carbocycles. The molecular formula is C24H31ClN2O4. The molecule has 0 aliphatic rings. The number of anilines is 2. The zero-order valence-corrected chi connectivity index (χ0v) is 19.6. The van der Waals surface area contributed by atoms with E-state index in [0.29, 0.717) is 24.6 Å². The van der Waals surface area contributed by atoms with Crippen LogP contribution in [0.2, 0.25) is 0 Å². The van der Waals surface area contributed by atoms with Crippen molar-refractivity contribution in [2.45, 2.75) is 46.6 Å². The molecule has 2 amide bonds. The Labute approximate surface area is 189 Å². The van der Waals surface area contributed by atoms with Crippen LogP contribution in [0.25, 0.3) is 11.1 Å². The summed E-state index contributed by atoms with van der Waals surface area (Å²) in [5.41, 5.74) is 4.79. The lowest BCUT2D eigenvalue weighted by Gasteiger charge is -2.20. The second-order valence-electron chi connectivity index (χ2n) is 8.33. The van der Waals surface area contributed by atoms with Crippen molar-refractivity contribution in [3.63, 3.8) is 0 Å². The molecule has 2 aromatic carbocycles. The maximum absolute atomic E-state index is 12.0. The summed E-state index contributed by atoms with van der Waals surface area (Å²) in [6.07, 6.45) is 0.236. The minimum Gasteiger partial charge on any atom is -0.444 e. The second kappa shape index (κ2) is 11.2. The number of halogens is 1. The average Bonchev–Trinajstić information content (AvgIpc) is 2.67. The van der Waals surface area contributed by atoms with Gasteiger partial charge in [0, 0.05) is 23.9 Å². The first-order chi connectivity index (χ1) is 14.6. The third kappa shape index (κ3) is 8.23. The number of ether oxygens (including phenoxy) is 2. The van der Waals surface area contributed by atoms with Crippen LogP contribution in [0.15, 0.2) is 36.4 Å². The smallest absolute Gasteiger partial charge is 0.412 e. The highest BCUT2D eigenvalue weighted by atomic mass is 35.5. The molecule has 6 nitrogen and oxygen atoms in total. The van der Waals surface area contributed by atoms with Crippen molar-refractivity contribution in [3.8, 4) is 11.1 Å². The molecule has 0 aliphatic heterocycles. The topological polar surface area (TPSA) is 76.7 Å². The number of carbonyl (C=O) groups is 2. The van der Waals surface area contributed by atoms with E-state index in [4.69, 9.17) is 21.1 Å². The van der Waals surface area contributed by atoms with Crippen molar-refractivity contribution >= 4 is 35.0 Å². The minimum absolute atomic E-state index is 0.00336. The van der Waals surface area contributed by atoms with Crippen LogP contribution in [-0.2, 0) is 14.3 Å².